The fourth-order valence-electron chi connectivity index (χ4n) is 5.64. The number of ether oxygens (including phenoxy) is 2. The average molecular weight is 645 g/mol. The van der Waals surface area contributed by atoms with E-state index in [9.17, 15) is 45.0 Å². The second-order valence-corrected chi connectivity index (χ2v) is 10.8. The van der Waals surface area contributed by atoms with Gasteiger partial charge in [-0.1, -0.05) is 48.5 Å². The van der Waals surface area contributed by atoms with E-state index < -0.39 is 59.0 Å². The summed E-state index contributed by atoms with van der Waals surface area (Å²) in [7, 11) is 0. The van der Waals surface area contributed by atoms with Crippen LogP contribution >= 0.6 is 0 Å². The Hall–Kier alpha value is -4.93. The van der Waals surface area contributed by atoms with Gasteiger partial charge in [-0.05, 0) is 29.3 Å². The number of phenols is 3. The van der Waals surface area contributed by atoms with E-state index in [1.54, 1.807) is 24.3 Å². The van der Waals surface area contributed by atoms with Crippen molar-refractivity contribution in [1.82, 2.24) is 9.80 Å². The van der Waals surface area contributed by atoms with Gasteiger partial charge in [-0.15, -0.1) is 0 Å². The zero-order chi connectivity index (χ0) is 31.6. The molecule has 0 saturated carbocycles. The molecule has 4 atom stereocenters. The first kappa shape index (κ1) is 35.5. The van der Waals surface area contributed by atoms with Crippen molar-refractivity contribution in [2.24, 2.45) is 0 Å². The third-order valence-corrected chi connectivity index (χ3v) is 7.88. The molecule has 4 unspecified atom stereocenters. The van der Waals surface area contributed by atoms with Crippen molar-refractivity contribution in [3.63, 3.8) is 0 Å². The lowest BCUT2D eigenvalue weighted by molar-refractivity contribution is -0.212. The van der Waals surface area contributed by atoms with Gasteiger partial charge in [-0.2, -0.15) is 0 Å². The number of aromatic hydroxyl groups is 3. The maximum Gasteiger partial charge on any atom is 0.336 e. The molecule has 2 aliphatic rings. The fourth-order valence-corrected chi connectivity index (χ4v) is 5.64. The molecule has 0 aliphatic carbocycles. The largest absolute Gasteiger partial charge is 0.504 e. The first-order valence-electron chi connectivity index (χ1n) is 13.9. The second kappa shape index (κ2) is 14.4. The van der Waals surface area contributed by atoms with Crippen molar-refractivity contribution in [2.45, 2.75) is 36.9 Å². The van der Waals surface area contributed by atoms with E-state index in [2.05, 4.69) is 4.90 Å². The van der Waals surface area contributed by atoms with Gasteiger partial charge in [0.2, 0.25) is 0 Å². The number of carbonyl (C=O) groups excluding carboxylic acids is 1. The molecule has 3 aromatic rings. The Morgan fingerprint density at radius 3 is 2.04 bits per heavy atom. The lowest BCUT2D eigenvalue weighted by Crippen LogP contribution is -2.64. The van der Waals surface area contributed by atoms with Crippen LogP contribution < -0.4 is 4.74 Å². The predicted octanol–water partition coefficient (Wildman–Crippen LogP) is -0.171. The Morgan fingerprint density at radius 1 is 0.870 bits per heavy atom. The number of para-hydroxylation sites is 1. The Kier molecular flexibility index (Phi) is 11.2. The summed E-state index contributed by atoms with van der Waals surface area (Å²) < 4.78 is 12.2. The zero-order valence-corrected chi connectivity index (χ0v) is 24.4. The molecule has 0 aromatic heterocycles. The van der Waals surface area contributed by atoms with Crippen molar-refractivity contribution >= 4 is 17.8 Å². The van der Waals surface area contributed by atoms with Crippen LogP contribution in [0.1, 0.15) is 22.8 Å². The van der Waals surface area contributed by atoms with E-state index in [1.165, 1.54) is 4.90 Å². The number of carbonyl (C=O) groups is 3. The molecule has 5 rings (SSSR count). The van der Waals surface area contributed by atoms with Gasteiger partial charge < -0.3 is 56.0 Å². The van der Waals surface area contributed by atoms with Gasteiger partial charge in [0.15, 0.2) is 41.2 Å². The number of piperazine rings is 1. The summed E-state index contributed by atoms with van der Waals surface area (Å²) in [5.74, 6) is -6.52. The van der Waals surface area contributed by atoms with E-state index in [0.29, 0.717) is 25.2 Å². The summed E-state index contributed by atoms with van der Waals surface area (Å²) in [4.78, 5) is 42.2. The molecule has 1 amide bonds. The highest BCUT2D eigenvalue weighted by Gasteiger charge is 2.57. The van der Waals surface area contributed by atoms with E-state index >= 15 is 0 Å². The van der Waals surface area contributed by atoms with Gasteiger partial charge in [0.05, 0.1) is 0 Å². The topological polar surface area (TPSA) is 261 Å². The van der Waals surface area contributed by atoms with Crippen LogP contribution in [-0.2, 0) is 32.1 Å². The van der Waals surface area contributed by atoms with Crippen LogP contribution in [0.15, 0.2) is 66.7 Å². The average Bonchev–Trinajstić information content (AvgIpc) is 3.01. The smallest absolute Gasteiger partial charge is 0.336 e. The number of carboxylic acid groups (broad SMARTS) is 2. The monoisotopic (exact) mass is 644 g/mol. The maximum atomic E-state index is 14.6. The highest BCUT2D eigenvalue weighted by Crippen LogP contribution is 2.48. The standard InChI is InChI=1S/C31H32N2O11.2H2O/c34-21-14-20(15-22(35)24(21)36)27-31(16-19-8-4-5-9-23(19)43-27,44-26(29(40)41)25(37)28(38)39)30(42)33-12-10-32(11-13-33)17-18-6-2-1-3-7-18;;/h1-9,14-15,25-27,34-37H,10-13,16-17H2,(H,38,39)(H,40,41);2*1H2. The maximum absolute atomic E-state index is 14.6. The van der Waals surface area contributed by atoms with Crippen molar-refractivity contribution in [2.75, 3.05) is 26.2 Å². The molecule has 2 aliphatic heterocycles. The number of hydrogen-bond donors (Lipinski definition) is 6. The molecule has 1 saturated heterocycles. The van der Waals surface area contributed by atoms with Crippen LogP contribution in [0, 0.1) is 0 Å². The number of aliphatic hydroxyl groups excluding tert-OH is 1. The van der Waals surface area contributed by atoms with Crippen molar-refractivity contribution in [1.29, 1.82) is 0 Å². The van der Waals surface area contributed by atoms with Crippen molar-refractivity contribution in [3.05, 3.63) is 83.4 Å². The molecule has 1 fully saturated rings. The van der Waals surface area contributed by atoms with Gasteiger partial charge in [0.1, 0.15) is 5.75 Å². The molecule has 10 N–H and O–H groups in total. The first-order chi connectivity index (χ1) is 21.0. The predicted molar refractivity (Wildman–Crippen MR) is 159 cm³/mol. The highest BCUT2D eigenvalue weighted by atomic mass is 16.6. The molecule has 15 heteroatoms. The second-order valence-electron chi connectivity index (χ2n) is 10.8. The molecule has 248 valence electrons. The summed E-state index contributed by atoms with van der Waals surface area (Å²) in [6.45, 7) is 1.97. The molecular formula is C31H36N2O13. The SMILES string of the molecule is O.O.O=C(O)C(O)C(OC1(C(=O)N2CCN(Cc3ccccc3)CC2)Cc2ccccc2OC1c1cc(O)c(O)c(O)c1)C(=O)O. The molecule has 0 spiro atoms. The zero-order valence-electron chi connectivity index (χ0n) is 24.4. The van der Waals surface area contributed by atoms with E-state index in [1.807, 2.05) is 30.3 Å². The quantitative estimate of drug-likeness (QED) is 0.166. The summed E-state index contributed by atoms with van der Waals surface area (Å²) in [6, 6.07) is 18.4. The number of amides is 1. The summed E-state index contributed by atoms with van der Waals surface area (Å²) >= 11 is 0. The number of carboxylic acids is 2. The van der Waals surface area contributed by atoms with Crippen LogP contribution in [0.3, 0.4) is 0 Å². The molecule has 2 heterocycles. The van der Waals surface area contributed by atoms with E-state index in [0.717, 1.165) is 17.7 Å². The number of rotatable bonds is 9. The molecule has 15 nitrogen and oxygen atoms in total. The summed E-state index contributed by atoms with van der Waals surface area (Å²) in [5, 5.41) is 60.4. The Bertz CT molecular complexity index is 1520. The Morgan fingerprint density at radius 2 is 1.46 bits per heavy atom. The number of phenolic OH excluding ortho intramolecular Hbond substituents is 3. The van der Waals surface area contributed by atoms with E-state index in [4.69, 9.17) is 9.47 Å². The molecule has 0 bridgehead atoms. The van der Waals surface area contributed by atoms with E-state index in [-0.39, 0.29) is 41.8 Å². The summed E-state index contributed by atoms with van der Waals surface area (Å²) in [5.41, 5.74) is -0.854. The van der Waals surface area contributed by atoms with Gasteiger partial charge >= 0.3 is 11.9 Å². The van der Waals surface area contributed by atoms with Crippen molar-refractivity contribution < 1.29 is 65.4 Å². The normalized spacial score (nSPS) is 20.5. The minimum Gasteiger partial charge on any atom is -0.504 e. The molecular weight excluding hydrogens is 608 g/mol. The number of aliphatic carboxylic acids is 2. The number of nitrogens with zero attached hydrogens (tertiary/aromatic N) is 2. The van der Waals surface area contributed by atoms with Crippen LogP contribution in [0.4, 0.5) is 0 Å². The highest BCUT2D eigenvalue weighted by molar-refractivity contribution is 5.89. The third-order valence-electron chi connectivity index (χ3n) is 7.88. The Labute approximate surface area is 262 Å². The Balaban J connectivity index is 0.00000288. The fraction of sp³-hybridized carbons (Fsp3) is 0.323. The molecule has 0 radical (unpaired) electrons. The van der Waals surface area contributed by atoms with Gasteiger partial charge in [0.25, 0.3) is 5.91 Å². The molecule has 46 heavy (non-hydrogen) atoms. The number of aliphatic hydroxyl groups is 1. The van der Waals surface area contributed by atoms with Gasteiger partial charge in [0, 0.05) is 44.7 Å². The first-order valence-corrected chi connectivity index (χ1v) is 13.9. The number of fused-ring (bicyclic) bond motifs is 1. The van der Waals surface area contributed by atoms with Crippen LogP contribution in [0.2, 0.25) is 0 Å². The van der Waals surface area contributed by atoms with Crippen molar-refractivity contribution in [3.8, 4) is 23.0 Å². The number of hydrogen-bond acceptors (Lipinski definition) is 10. The van der Waals surface area contributed by atoms with Crippen LogP contribution in [-0.4, -0.2) is 113 Å². The van der Waals surface area contributed by atoms with Gasteiger partial charge in [-0.25, -0.2) is 9.59 Å². The third kappa shape index (κ3) is 6.98. The number of benzene rings is 3. The van der Waals surface area contributed by atoms with Crippen LogP contribution in [0.5, 0.6) is 23.0 Å². The summed E-state index contributed by atoms with van der Waals surface area (Å²) in [6.07, 6.45) is -6.84. The lowest BCUT2D eigenvalue weighted by Gasteiger charge is -2.47. The van der Waals surface area contributed by atoms with Gasteiger partial charge in [-0.3, -0.25) is 9.69 Å². The molecule has 3 aromatic carbocycles. The van der Waals surface area contributed by atoms with Crippen LogP contribution in [0.25, 0.3) is 0 Å². The minimum atomic E-state index is -2.56. The lowest BCUT2D eigenvalue weighted by atomic mass is 9.80. The minimum absolute atomic E-state index is 0.